The van der Waals surface area contributed by atoms with Crippen molar-refractivity contribution in [1.82, 2.24) is 19.9 Å². The lowest BCUT2D eigenvalue weighted by Crippen LogP contribution is -2.35. The Balaban J connectivity index is 1.22. The van der Waals surface area contributed by atoms with Gasteiger partial charge in [-0.05, 0) is 30.7 Å². The first-order valence-corrected chi connectivity index (χ1v) is 13.3. The van der Waals surface area contributed by atoms with Crippen molar-refractivity contribution in [2.75, 3.05) is 32.8 Å². The van der Waals surface area contributed by atoms with Gasteiger partial charge < -0.3 is 23.7 Å². The lowest BCUT2D eigenvalue weighted by atomic mass is 10.1. The average Bonchev–Trinajstić information content (AvgIpc) is 3.42. The number of benzene rings is 2. The van der Waals surface area contributed by atoms with E-state index in [1.54, 1.807) is 31.5 Å². The number of hydrogen-bond donors (Lipinski definition) is 1. The van der Waals surface area contributed by atoms with Crippen molar-refractivity contribution in [2.45, 2.75) is 13.0 Å². The summed E-state index contributed by atoms with van der Waals surface area (Å²) >= 11 is 8.05. The number of amides is 1. The number of hydrogen-bond acceptors (Lipinski definition) is 11. The van der Waals surface area contributed by atoms with Gasteiger partial charge in [0, 0.05) is 17.7 Å². The van der Waals surface area contributed by atoms with Crippen LogP contribution in [0.2, 0.25) is 5.02 Å². The Morgan fingerprint density at radius 3 is 2.73 bits per heavy atom. The van der Waals surface area contributed by atoms with Crippen molar-refractivity contribution in [2.24, 2.45) is 0 Å². The fraction of sp³-hybridized carbons (Fsp3) is 0.222. The number of rotatable bonds is 6. The summed E-state index contributed by atoms with van der Waals surface area (Å²) in [5.74, 6) is 1.86. The third-order valence-electron chi connectivity index (χ3n) is 6.05. The molecule has 3 aromatic heterocycles. The van der Waals surface area contributed by atoms with Crippen LogP contribution < -0.4 is 24.3 Å². The van der Waals surface area contributed by atoms with Gasteiger partial charge in [0.2, 0.25) is 11.8 Å². The van der Waals surface area contributed by atoms with Crippen molar-refractivity contribution in [3.63, 3.8) is 0 Å². The largest absolute Gasteiger partial charge is 0.484 e. The van der Waals surface area contributed by atoms with Gasteiger partial charge >= 0.3 is 6.09 Å². The van der Waals surface area contributed by atoms with Gasteiger partial charge in [0.05, 0.1) is 48.4 Å². The molecule has 1 aliphatic rings. The Bertz CT molecular complexity index is 1750. The number of aryl methyl sites for hydroxylation is 1. The van der Waals surface area contributed by atoms with Gasteiger partial charge in [-0.15, -0.1) is 11.3 Å². The highest BCUT2D eigenvalue weighted by Gasteiger charge is 2.28. The molecule has 5 aromatic rings. The zero-order chi connectivity index (χ0) is 27.8. The number of aromatic nitrogens is 4. The number of anilines is 1. The Hall–Kier alpha value is -4.42. The van der Waals surface area contributed by atoms with E-state index in [1.807, 2.05) is 19.1 Å². The van der Waals surface area contributed by atoms with E-state index in [2.05, 4.69) is 20.3 Å². The zero-order valence-electron chi connectivity index (χ0n) is 21.6. The molecule has 4 heterocycles. The van der Waals surface area contributed by atoms with E-state index in [-0.39, 0.29) is 13.2 Å². The van der Waals surface area contributed by atoms with E-state index >= 15 is 0 Å². The van der Waals surface area contributed by atoms with Crippen LogP contribution in [-0.2, 0) is 4.74 Å². The van der Waals surface area contributed by atoms with Crippen LogP contribution in [0.25, 0.3) is 31.8 Å². The number of carbonyl (C=O) groups excluding carboxylic acids is 1. The highest BCUT2D eigenvalue weighted by molar-refractivity contribution is 7.22. The summed E-state index contributed by atoms with van der Waals surface area (Å²) in [6.45, 7) is 2.13. The molecule has 0 bridgehead atoms. The third-order valence-corrected chi connectivity index (χ3v) is 7.42. The SMILES string of the molecule is COc1ccc(NC(=O)OC[C@@H]2COc3c(cc(Cl)c4nc(-c5cc(C)cc6nc(OC)cnc56)sc34)O2)cn1. The standard InChI is InChI=1S/C27H22ClN5O6S/c1-13-6-16(22-18(7-13)32-21(36-3)10-30-22)26-33-23-17(28)8-19-24(25(23)40-26)37-11-15(39-19)12-38-27(34)31-14-4-5-20(35-2)29-9-14/h4-10,15H,11-12H2,1-3H3,(H,31,34)/t15-/m0/s1. The molecular formula is C27H22ClN5O6S. The normalized spacial score (nSPS) is 14.2. The van der Waals surface area contributed by atoms with Crippen LogP contribution in [0.3, 0.4) is 0 Å². The molecule has 0 saturated carbocycles. The fourth-order valence-corrected chi connectivity index (χ4v) is 5.61. The summed E-state index contributed by atoms with van der Waals surface area (Å²) < 4.78 is 28.5. The van der Waals surface area contributed by atoms with E-state index in [9.17, 15) is 4.79 Å². The smallest absolute Gasteiger partial charge is 0.411 e. The van der Waals surface area contributed by atoms with E-state index < -0.39 is 12.2 Å². The summed E-state index contributed by atoms with van der Waals surface area (Å²) in [6.07, 6.45) is 1.87. The molecule has 1 N–H and O–H groups in total. The summed E-state index contributed by atoms with van der Waals surface area (Å²) in [7, 11) is 3.07. The number of ether oxygens (including phenoxy) is 5. The average molecular weight is 580 g/mol. The van der Waals surface area contributed by atoms with E-state index in [1.165, 1.54) is 24.6 Å². The Labute approximate surface area is 237 Å². The molecule has 0 unspecified atom stereocenters. The maximum Gasteiger partial charge on any atom is 0.411 e. The van der Waals surface area contributed by atoms with Crippen LogP contribution in [0.4, 0.5) is 10.5 Å². The van der Waals surface area contributed by atoms with Crippen molar-refractivity contribution >= 4 is 56.0 Å². The van der Waals surface area contributed by atoms with E-state index in [0.29, 0.717) is 50.5 Å². The second kappa shape index (κ2) is 10.6. The Kier molecular flexibility index (Phi) is 6.86. The fourth-order valence-electron chi connectivity index (χ4n) is 4.22. The maximum atomic E-state index is 12.2. The molecule has 0 fully saturated rings. The molecule has 11 nitrogen and oxygen atoms in total. The molecule has 1 amide bonds. The van der Waals surface area contributed by atoms with Gasteiger partial charge in [-0.25, -0.2) is 24.7 Å². The molecular weight excluding hydrogens is 558 g/mol. The van der Waals surface area contributed by atoms with Gasteiger partial charge in [0.25, 0.3) is 0 Å². The zero-order valence-corrected chi connectivity index (χ0v) is 23.1. The molecule has 0 spiro atoms. The maximum absolute atomic E-state index is 12.2. The first-order valence-electron chi connectivity index (χ1n) is 12.1. The van der Waals surface area contributed by atoms with Gasteiger partial charge in [-0.1, -0.05) is 11.6 Å². The van der Waals surface area contributed by atoms with Crippen LogP contribution in [0.1, 0.15) is 5.56 Å². The Morgan fingerprint density at radius 2 is 1.95 bits per heavy atom. The summed E-state index contributed by atoms with van der Waals surface area (Å²) in [6, 6.07) is 8.91. The van der Waals surface area contributed by atoms with Crippen LogP contribution in [0, 0.1) is 6.92 Å². The first kappa shape index (κ1) is 25.8. The summed E-state index contributed by atoms with van der Waals surface area (Å²) in [4.78, 5) is 30.2. The van der Waals surface area contributed by atoms with E-state index in [0.717, 1.165) is 20.8 Å². The number of methoxy groups -OCH3 is 2. The predicted octanol–water partition coefficient (Wildman–Crippen LogP) is 5.67. The second-order valence-electron chi connectivity index (χ2n) is 8.84. The number of nitrogens with one attached hydrogen (secondary N) is 1. The lowest BCUT2D eigenvalue weighted by Gasteiger charge is -2.26. The molecule has 0 radical (unpaired) electrons. The molecule has 40 heavy (non-hydrogen) atoms. The summed E-state index contributed by atoms with van der Waals surface area (Å²) in [5, 5.41) is 3.74. The van der Waals surface area contributed by atoms with Crippen LogP contribution >= 0.6 is 22.9 Å². The molecule has 204 valence electrons. The first-order chi connectivity index (χ1) is 19.4. The molecule has 1 atom stereocenters. The Morgan fingerprint density at radius 1 is 1.10 bits per heavy atom. The molecule has 0 saturated heterocycles. The number of thiazole rings is 1. The molecule has 0 aliphatic carbocycles. The van der Waals surface area contributed by atoms with Gasteiger partial charge in [-0.3, -0.25) is 5.32 Å². The number of carbonyl (C=O) groups is 1. The molecule has 1 aliphatic heterocycles. The van der Waals surface area contributed by atoms with Crippen LogP contribution in [-0.4, -0.2) is 59.6 Å². The van der Waals surface area contributed by atoms with Crippen molar-refractivity contribution in [3.8, 4) is 33.8 Å². The quantitative estimate of drug-likeness (QED) is 0.269. The number of pyridine rings is 1. The van der Waals surface area contributed by atoms with Crippen LogP contribution in [0.15, 0.2) is 42.7 Å². The van der Waals surface area contributed by atoms with Crippen molar-refractivity contribution in [3.05, 3.63) is 53.3 Å². The van der Waals surface area contributed by atoms with Gasteiger partial charge in [-0.2, -0.15) is 0 Å². The van der Waals surface area contributed by atoms with Gasteiger partial charge in [0.15, 0.2) is 17.6 Å². The molecule has 13 heteroatoms. The minimum absolute atomic E-state index is 0.0319. The number of halogens is 1. The second-order valence-corrected chi connectivity index (χ2v) is 10.2. The molecule has 6 rings (SSSR count). The monoisotopic (exact) mass is 579 g/mol. The highest BCUT2D eigenvalue weighted by Crippen LogP contribution is 2.47. The minimum atomic E-state index is -0.645. The predicted molar refractivity (Wildman–Crippen MR) is 150 cm³/mol. The summed E-state index contributed by atoms with van der Waals surface area (Å²) in [5.41, 5.74) is 4.32. The van der Waals surface area contributed by atoms with Crippen molar-refractivity contribution in [1.29, 1.82) is 0 Å². The molecule has 2 aromatic carbocycles. The van der Waals surface area contributed by atoms with Crippen LogP contribution in [0.5, 0.6) is 23.3 Å². The van der Waals surface area contributed by atoms with Gasteiger partial charge in [0.1, 0.15) is 28.4 Å². The van der Waals surface area contributed by atoms with E-state index in [4.69, 9.17) is 40.3 Å². The highest BCUT2D eigenvalue weighted by atomic mass is 35.5. The topological polar surface area (TPSA) is 127 Å². The third kappa shape index (κ3) is 4.98. The number of fused-ring (bicyclic) bond motifs is 4. The lowest BCUT2D eigenvalue weighted by molar-refractivity contribution is 0.0383. The minimum Gasteiger partial charge on any atom is -0.484 e. The van der Waals surface area contributed by atoms with Crippen molar-refractivity contribution < 1.29 is 28.5 Å². The number of nitrogens with zero attached hydrogens (tertiary/aromatic N) is 4.